The highest BCUT2D eigenvalue weighted by Crippen LogP contribution is 2.32. The normalized spacial score (nSPS) is 31.0. The second-order valence-electron chi connectivity index (χ2n) is 4.56. The summed E-state index contributed by atoms with van der Waals surface area (Å²) in [5, 5.41) is 4.49. The summed E-state index contributed by atoms with van der Waals surface area (Å²) in [5.41, 5.74) is 1.44. The summed E-state index contributed by atoms with van der Waals surface area (Å²) in [7, 11) is 0. The monoisotopic (exact) mass is 235 g/mol. The molecule has 0 amide bonds. The Morgan fingerprint density at radius 2 is 2.06 bits per heavy atom. The molecule has 1 heterocycles. The van der Waals surface area contributed by atoms with Crippen LogP contribution in [0.25, 0.3) is 0 Å². The lowest BCUT2D eigenvalue weighted by Crippen LogP contribution is -2.34. The zero-order valence-corrected chi connectivity index (χ0v) is 11.0. The van der Waals surface area contributed by atoms with Crippen LogP contribution in [0.1, 0.15) is 38.3 Å². The molecule has 0 aliphatic carbocycles. The Bertz CT molecular complexity index is 312. The summed E-state index contributed by atoms with van der Waals surface area (Å²) < 4.78 is 0. The summed E-state index contributed by atoms with van der Waals surface area (Å²) in [6, 6.07) is 12.0. The molecule has 3 atom stereocenters. The van der Waals surface area contributed by atoms with Crippen LogP contribution in [0.15, 0.2) is 30.3 Å². The zero-order chi connectivity index (χ0) is 11.4. The fourth-order valence-electron chi connectivity index (χ4n) is 2.31. The van der Waals surface area contributed by atoms with Crippen molar-refractivity contribution in [3.05, 3.63) is 35.9 Å². The molecule has 1 aliphatic rings. The van der Waals surface area contributed by atoms with Crippen molar-refractivity contribution in [2.24, 2.45) is 0 Å². The molecule has 1 aromatic rings. The predicted molar refractivity (Wildman–Crippen MR) is 72.9 cm³/mol. The molecule has 1 saturated heterocycles. The van der Waals surface area contributed by atoms with E-state index < -0.39 is 0 Å². The summed E-state index contributed by atoms with van der Waals surface area (Å²) in [6.07, 6.45) is 2.52. The molecule has 88 valence electrons. The van der Waals surface area contributed by atoms with Crippen LogP contribution in [0.3, 0.4) is 0 Å². The quantitative estimate of drug-likeness (QED) is 0.840. The van der Waals surface area contributed by atoms with Crippen molar-refractivity contribution in [3.8, 4) is 0 Å². The highest BCUT2D eigenvalue weighted by atomic mass is 32.2. The average molecular weight is 235 g/mol. The van der Waals surface area contributed by atoms with Crippen LogP contribution in [0.2, 0.25) is 0 Å². The number of thioether (sulfide) groups is 1. The summed E-state index contributed by atoms with van der Waals surface area (Å²) in [5.74, 6) is 1.29. The lowest BCUT2D eigenvalue weighted by atomic mass is 10.0. The van der Waals surface area contributed by atoms with Gasteiger partial charge in [-0.1, -0.05) is 37.3 Å². The van der Waals surface area contributed by atoms with Gasteiger partial charge in [-0.3, -0.25) is 0 Å². The van der Waals surface area contributed by atoms with Gasteiger partial charge in [-0.25, -0.2) is 0 Å². The topological polar surface area (TPSA) is 12.0 Å². The minimum Gasteiger partial charge on any atom is -0.306 e. The Balaban J connectivity index is 2.20. The lowest BCUT2D eigenvalue weighted by molar-refractivity contribution is 0.443. The van der Waals surface area contributed by atoms with Crippen molar-refractivity contribution in [1.29, 1.82) is 0 Å². The Hall–Kier alpha value is -0.470. The summed E-state index contributed by atoms with van der Waals surface area (Å²) in [4.78, 5) is 0. The molecular weight excluding hydrogens is 214 g/mol. The number of hydrogen-bond acceptors (Lipinski definition) is 2. The number of nitrogens with one attached hydrogen (secondary N) is 1. The van der Waals surface area contributed by atoms with Crippen molar-refractivity contribution in [1.82, 2.24) is 5.32 Å². The molecule has 1 aromatic carbocycles. The molecular formula is C14H21NS. The van der Waals surface area contributed by atoms with Gasteiger partial charge < -0.3 is 5.32 Å². The molecule has 2 heteroatoms. The van der Waals surface area contributed by atoms with Crippen molar-refractivity contribution in [3.63, 3.8) is 0 Å². The van der Waals surface area contributed by atoms with Gasteiger partial charge >= 0.3 is 0 Å². The molecule has 0 saturated carbocycles. The first kappa shape index (κ1) is 12.0. The van der Waals surface area contributed by atoms with E-state index in [0.29, 0.717) is 17.3 Å². The molecule has 0 spiro atoms. The molecule has 1 aliphatic heterocycles. The minimum absolute atomic E-state index is 0.522. The van der Waals surface area contributed by atoms with E-state index in [-0.39, 0.29) is 0 Å². The van der Waals surface area contributed by atoms with E-state index in [9.17, 15) is 0 Å². The summed E-state index contributed by atoms with van der Waals surface area (Å²) >= 11 is 2.13. The van der Waals surface area contributed by atoms with Crippen molar-refractivity contribution in [2.75, 3.05) is 5.75 Å². The van der Waals surface area contributed by atoms with Gasteiger partial charge in [0.05, 0.1) is 0 Å². The van der Waals surface area contributed by atoms with Gasteiger partial charge in [0.15, 0.2) is 0 Å². The Morgan fingerprint density at radius 3 is 2.75 bits per heavy atom. The van der Waals surface area contributed by atoms with Crippen LogP contribution in [0, 0.1) is 0 Å². The molecule has 1 nitrogen and oxygen atoms in total. The van der Waals surface area contributed by atoms with E-state index in [2.05, 4.69) is 61.3 Å². The van der Waals surface area contributed by atoms with Crippen LogP contribution in [-0.4, -0.2) is 17.0 Å². The maximum Gasteiger partial charge on any atom is 0.0442 e. The first-order valence-corrected chi connectivity index (χ1v) is 7.28. The van der Waals surface area contributed by atoms with E-state index in [0.717, 1.165) is 0 Å². The SMILES string of the molecule is CCC1SCCC(C)NC1c1ccccc1. The predicted octanol–water partition coefficient (Wildman–Crippen LogP) is 3.62. The smallest absolute Gasteiger partial charge is 0.0442 e. The van der Waals surface area contributed by atoms with Gasteiger partial charge in [0.25, 0.3) is 0 Å². The van der Waals surface area contributed by atoms with E-state index in [1.54, 1.807) is 0 Å². The van der Waals surface area contributed by atoms with Crippen LogP contribution in [0.5, 0.6) is 0 Å². The fraction of sp³-hybridized carbons (Fsp3) is 0.571. The lowest BCUT2D eigenvalue weighted by Gasteiger charge is -2.26. The zero-order valence-electron chi connectivity index (χ0n) is 10.1. The van der Waals surface area contributed by atoms with Gasteiger partial charge in [0.2, 0.25) is 0 Å². The molecule has 0 aromatic heterocycles. The maximum atomic E-state index is 3.78. The van der Waals surface area contributed by atoms with Gasteiger partial charge in [0.1, 0.15) is 0 Å². The first-order valence-electron chi connectivity index (χ1n) is 6.24. The molecule has 1 fully saturated rings. The second kappa shape index (κ2) is 5.74. The standard InChI is InChI=1S/C14H21NS/c1-3-13-14(12-7-5-4-6-8-12)15-11(2)9-10-16-13/h4-8,11,13-15H,3,9-10H2,1-2H3. The third-order valence-corrected chi connectivity index (χ3v) is 4.78. The van der Waals surface area contributed by atoms with E-state index >= 15 is 0 Å². The van der Waals surface area contributed by atoms with Crippen LogP contribution in [-0.2, 0) is 0 Å². The summed E-state index contributed by atoms with van der Waals surface area (Å²) in [6.45, 7) is 4.60. The van der Waals surface area contributed by atoms with E-state index in [1.165, 1.54) is 24.2 Å². The molecule has 0 bridgehead atoms. The average Bonchev–Trinajstić information content (AvgIpc) is 2.52. The second-order valence-corrected chi connectivity index (χ2v) is 5.91. The van der Waals surface area contributed by atoms with Crippen molar-refractivity contribution >= 4 is 11.8 Å². The molecule has 1 N–H and O–H groups in total. The highest BCUT2D eigenvalue weighted by Gasteiger charge is 2.26. The van der Waals surface area contributed by atoms with Gasteiger partial charge in [-0.05, 0) is 31.1 Å². The number of hydrogen-bond donors (Lipinski definition) is 1. The number of benzene rings is 1. The molecule has 16 heavy (non-hydrogen) atoms. The highest BCUT2D eigenvalue weighted by molar-refractivity contribution is 7.99. The van der Waals surface area contributed by atoms with Crippen LogP contribution < -0.4 is 5.32 Å². The van der Waals surface area contributed by atoms with Crippen molar-refractivity contribution in [2.45, 2.75) is 44.0 Å². The van der Waals surface area contributed by atoms with Crippen molar-refractivity contribution < 1.29 is 0 Å². The minimum atomic E-state index is 0.522. The third kappa shape index (κ3) is 2.80. The Kier molecular flexibility index (Phi) is 4.30. The first-order chi connectivity index (χ1) is 7.81. The van der Waals surface area contributed by atoms with E-state index in [1.807, 2.05) is 0 Å². The Morgan fingerprint density at radius 1 is 1.31 bits per heavy atom. The van der Waals surface area contributed by atoms with E-state index in [4.69, 9.17) is 0 Å². The number of rotatable bonds is 2. The van der Waals surface area contributed by atoms with Crippen LogP contribution >= 0.6 is 11.8 Å². The van der Waals surface area contributed by atoms with Gasteiger partial charge in [-0.15, -0.1) is 0 Å². The maximum absolute atomic E-state index is 3.78. The molecule has 3 unspecified atom stereocenters. The van der Waals surface area contributed by atoms with Crippen LogP contribution in [0.4, 0.5) is 0 Å². The molecule has 2 rings (SSSR count). The fourth-order valence-corrected chi connectivity index (χ4v) is 3.77. The third-order valence-electron chi connectivity index (χ3n) is 3.28. The molecule has 0 radical (unpaired) electrons. The van der Waals surface area contributed by atoms with Gasteiger partial charge in [0, 0.05) is 17.3 Å². The Labute approximate surface area is 103 Å². The largest absolute Gasteiger partial charge is 0.306 e. The van der Waals surface area contributed by atoms with Gasteiger partial charge in [-0.2, -0.15) is 11.8 Å².